The molecular weight excluding hydrogens is 448 g/mol. The predicted octanol–water partition coefficient (Wildman–Crippen LogP) is 4.03. The third-order valence-corrected chi connectivity index (χ3v) is 5.63. The zero-order valence-electron chi connectivity index (χ0n) is 19.9. The van der Waals surface area contributed by atoms with Gasteiger partial charge in [0.1, 0.15) is 11.5 Å². The number of carbonyl (C=O) groups is 2. The van der Waals surface area contributed by atoms with E-state index in [9.17, 15) is 9.59 Å². The quantitative estimate of drug-likeness (QED) is 0.528. The van der Waals surface area contributed by atoms with Crippen molar-refractivity contribution >= 4 is 17.5 Å². The molecule has 4 rings (SSSR count). The number of rotatable bonds is 8. The van der Waals surface area contributed by atoms with Crippen LogP contribution in [0.2, 0.25) is 0 Å². The fraction of sp³-hybridized carbons (Fsp3) is 0.259. The minimum absolute atomic E-state index is 0.116. The van der Waals surface area contributed by atoms with Gasteiger partial charge in [0.2, 0.25) is 0 Å². The van der Waals surface area contributed by atoms with Gasteiger partial charge >= 0.3 is 0 Å². The Morgan fingerprint density at radius 2 is 1.86 bits per heavy atom. The van der Waals surface area contributed by atoms with Crippen LogP contribution in [0.15, 0.2) is 66.7 Å². The van der Waals surface area contributed by atoms with Gasteiger partial charge in [-0.1, -0.05) is 30.3 Å². The van der Waals surface area contributed by atoms with Crippen LogP contribution in [0.25, 0.3) is 0 Å². The van der Waals surface area contributed by atoms with Gasteiger partial charge in [-0.25, -0.2) is 0 Å². The maximum Gasteiger partial charge on any atom is 0.263 e. The topological polar surface area (TPSA) is 86.3 Å². The maximum atomic E-state index is 13.1. The molecule has 0 aliphatic carbocycles. The van der Waals surface area contributed by atoms with Crippen LogP contribution in [-0.2, 0) is 22.7 Å². The van der Waals surface area contributed by atoms with Crippen molar-refractivity contribution in [1.82, 2.24) is 4.90 Å². The third-order valence-electron chi connectivity index (χ3n) is 5.63. The lowest BCUT2D eigenvalue weighted by Gasteiger charge is -2.24. The molecule has 0 unspecified atom stereocenters. The van der Waals surface area contributed by atoms with Crippen molar-refractivity contribution < 1.29 is 28.5 Å². The van der Waals surface area contributed by atoms with Crippen LogP contribution in [0.4, 0.5) is 5.69 Å². The van der Waals surface area contributed by atoms with Crippen LogP contribution in [0.1, 0.15) is 18.1 Å². The molecule has 2 amide bonds. The number of fused-ring (bicyclic) bond motifs is 1. The highest BCUT2D eigenvalue weighted by atomic mass is 16.5. The van der Waals surface area contributed by atoms with Gasteiger partial charge in [-0.2, -0.15) is 0 Å². The van der Waals surface area contributed by atoms with Crippen LogP contribution in [-0.4, -0.2) is 43.6 Å². The molecule has 8 heteroatoms. The molecule has 8 nitrogen and oxygen atoms in total. The predicted molar refractivity (Wildman–Crippen MR) is 131 cm³/mol. The first-order chi connectivity index (χ1) is 17.0. The van der Waals surface area contributed by atoms with Crippen molar-refractivity contribution in [3.63, 3.8) is 0 Å². The summed E-state index contributed by atoms with van der Waals surface area (Å²) in [5.74, 6) is 1.97. The van der Waals surface area contributed by atoms with E-state index in [1.165, 1.54) is 0 Å². The molecular formula is C27H28N2O6. The van der Waals surface area contributed by atoms with Gasteiger partial charge in [-0.05, 0) is 43.3 Å². The van der Waals surface area contributed by atoms with Gasteiger partial charge in [-0.3, -0.25) is 9.59 Å². The van der Waals surface area contributed by atoms with E-state index in [-0.39, 0.29) is 18.4 Å². The van der Waals surface area contributed by atoms with Gasteiger partial charge in [0.15, 0.2) is 24.2 Å². The number of ether oxygens (including phenoxy) is 4. The van der Waals surface area contributed by atoms with Gasteiger partial charge in [0, 0.05) is 29.9 Å². The molecule has 3 aromatic rings. The number of nitrogens with one attached hydrogen (secondary N) is 1. The molecule has 1 atom stereocenters. The second kappa shape index (κ2) is 10.8. The Labute approximate surface area is 204 Å². The molecule has 35 heavy (non-hydrogen) atoms. The summed E-state index contributed by atoms with van der Waals surface area (Å²) >= 11 is 0. The highest BCUT2D eigenvalue weighted by molar-refractivity contribution is 5.92. The Morgan fingerprint density at radius 3 is 2.60 bits per heavy atom. The highest BCUT2D eigenvalue weighted by Crippen LogP contribution is 2.34. The average molecular weight is 477 g/mol. The molecule has 1 aliphatic heterocycles. The summed E-state index contributed by atoms with van der Waals surface area (Å²) in [7, 11) is 3.15. The summed E-state index contributed by atoms with van der Waals surface area (Å²) in [6.07, 6.45) is -0.660. The molecule has 1 heterocycles. The minimum atomic E-state index is -0.660. The SMILES string of the molecule is COc1cccc(CN2Cc3cc(NC(=O)COc4ccccc4)ccc3O[C@@H](C)C2=O)c1OC. The standard InChI is InChI=1S/C27H28N2O6/c1-18-27(31)29(15-19-8-7-11-24(32-2)26(19)33-3)16-20-14-21(12-13-23(20)35-18)28-25(30)17-34-22-9-5-4-6-10-22/h4-14,18H,15-17H2,1-3H3,(H,28,30)/t18-/m0/s1. The van der Waals surface area contributed by atoms with E-state index in [1.807, 2.05) is 42.5 Å². The van der Waals surface area contributed by atoms with Crippen molar-refractivity contribution in [2.24, 2.45) is 0 Å². The Bertz CT molecular complexity index is 1200. The molecule has 0 radical (unpaired) electrons. The molecule has 0 fully saturated rings. The van der Waals surface area contributed by atoms with Crippen LogP contribution < -0.4 is 24.3 Å². The van der Waals surface area contributed by atoms with E-state index >= 15 is 0 Å². The fourth-order valence-electron chi connectivity index (χ4n) is 3.96. The summed E-state index contributed by atoms with van der Waals surface area (Å²) in [6, 6.07) is 20.0. The van der Waals surface area contributed by atoms with Gasteiger partial charge in [-0.15, -0.1) is 0 Å². The molecule has 182 valence electrons. The zero-order chi connectivity index (χ0) is 24.8. The van der Waals surface area contributed by atoms with Crippen LogP contribution >= 0.6 is 0 Å². The van der Waals surface area contributed by atoms with Crippen molar-refractivity contribution in [2.45, 2.75) is 26.1 Å². The Morgan fingerprint density at radius 1 is 1.06 bits per heavy atom. The van der Waals surface area contributed by atoms with Crippen molar-refractivity contribution in [1.29, 1.82) is 0 Å². The van der Waals surface area contributed by atoms with Gasteiger partial charge in [0.25, 0.3) is 11.8 Å². The molecule has 3 aromatic carbocycles. The molecule has 1 N–H and O–H groups in total. The van der Waals surface area contributed by atoms with E-state index < -0.39 is 6.10 Å². The molecule has 0 saturated heterocycles. The summed E-state index contributed by atoms with van der Waals surface area (Å²) in [5.41, 5.74) is 2.19. The lowest BCUT2D eigenvalue weighted by molar-refractivity contribution is -0.138. The molecule has 1 aliphatic rings. The highest BCUT2D eigenvalue weighted by Gasteiger charge is 2.29. The Hall–Kier alpha value is -4.20. The van der Waals surface area contributed by atoms with Crippen molar-refractivity contribution in [3.8, 4) is 23.0 Å². The largest absolute Gasteiger partial charge is 0.493 e. The maximum absolute atomic E-state index is 13.1. The summed E-state index contributed by atoms with van der Waals surface area (Å²) in [4.78, 5) is 27.2. The lowest BCUT2D eigenvalue weighted by atomic mass is 10.1. The minimum Gasteiger partial charge on any atom is -0.493 e. The number of anilines is 1. The van der Waals surface area contributed by atoms with E-state index in [1.54, 1.807) is 50.3 Å². The number of benzene rings is 3. The normalized spacial score (nSPS) is 14.9. The number of carbonyl (C=O) groups excluding carboxylic acids is 2. The van der Waals surface area contributed by atoms with Gasteiger partial charge in [0.05, 0.1) is 14.2 Å². The molecule has 0 spiro atoms. The number of amides is 2. The second-order valence-corrected chi connectivity index (χ2v) is 8.08. The third kappa shape index (κ3) is 5.66. The summed E-state index contributed by atoms with van der Waals surface area (Å²) in [6.45, 7) is 2.23. The average Bonchev–Trinajstić information content (AvgIpc) is 2.99. The van der Waals surface area contributed by atoms with Crippen molar-refractivity contribution in [2.75, 3.05) is 26.1 Å². The number of hydrogen-bond acceptors (Lipinski definition) is 6. The Kier molecular flexibility index (Phi) is 7.40. The second-order valence-electron chi connectivity index (χ2n) is 8.08. The van der Waals surface area contributed by atoms with Crippen LogP contribution in [0.3, 0.4) is 0 Å². The number of nitrogens with zero attached hydrogens (tertiary/aromatic N) is 1. The van der Waals surface area contributed by atoms with Crippen LogP contribution in [0.5, 0.6) is 23.0 Å². The van der Waals surface area contributed by atoms with E-state index in [4.69, 9.17) is 18.9 Å². The first-order valence-corrected chi connectivity index (χ1v) is 11.2. The first kappa shape index (κ1) is 23.9. The number of hydrogen-bond donors (Lipinski definition) is 1. The monoisotopic (exact) mass is 476 g/mol. The van der Waals surface area contributed by atoms with E-state index in [2.05, 4.69) is 5.32 Å². The lowest BCUT2D eigenvalue weighted by Crippen LogP contribution is -2.37. The smallest absolute Gasteiger partial charge is 0.263 e. The number of para-hydroxylation sites is 2. The van der Waals surface area contributed by atoms with Crippen LogP contribution in [0, 0.1) is 0 Å². The summed E-state index contributed by atoms with van der Waals surface area (Å²) < 4.78 is 22.4. The molecule has 0 saturated carbocycles. The van der Waals surface area contributed by atoms with Gasteiger partial charge < -0.3 is 29.2 Å². The zero-order valence-corrected chi connectivity index (χ0v) is 19.9. The Balaban J connectivity index is 1.50. The summed E-state index contributed by atoms with van der Waals surface area (Å²) in [5, 5.41) is 2.84. The number of methoxy groups -OCH3 is 2. The fourth-order valence-corrected chi connectivity index (χ4v) is 3.96. The van der Waals surface area contributed by atoms with Crippen molar-refractivity contribution in [3.05, 3.63) is 77.9 Å². The van der Waals surface area contributed by atoms with E-state index in [0.717, 1.165) is 11.1 Å². The molecule has 0 bridgehead atoms. The van der Waals surface area contributed by atoms with E-state index in [0.29, 0.717) is 41.8 Å². The molecule has 0 aromatic heterocycles. The first-order valence-electron chi connectivity index (χ1n) is 11.2.